The molecule has 1 fully saturated rings. The number of hydrogen-bond donors (Lipinski definition) is 2. The van der Waals surface area contributed by atoms with Crippen LogP contribution in [0.1, 0.15) is 50.7 Å². The first kappa shape index (κ1) is 30.5. The first-order chi connectivity index (χ1) is 21.3. The summed E-state index contributed by atoms with van der Waals surface area (Å²) in [5.74, 6) is -0.445. The number of carbonyl (C=O) groups excluding carboxylic acids is 2. The van der Waals surface area contributed by atoms with E-state index >= 15 is 0 Å². The number of halogens is 1. The van der Waals surface area contributed by atoms with E-state index in [1.807, 2.05) is 37.3 Å². The molecule has 0 radical (unpaired) electrons. The van der Waals surface area contributed by atoms with Crippen LogP contribution in [0.5, 0.6) is 0 Å². The fraction of sp³-hybridized carbons (Fsp3) is 0.281. The van der Waals surface area contributed by atoms with Gasteiger partial charge in [-0.25, -0.2) is 13.4 Å². The Hall–Kier alpha value is -4.55. The van der Waals surface area contributed by atoms with E-state index in [4.69, 9.17) is 21.8 Å². The predicted molar refractivity (Wildman–Crippen MR) is 176 cm³/mol. The normalized spacial score (nSPS) is 15.5. The number of piperidine rings is 1. The molecule has 3 N–H and O–H groups in total. The number of nitrogens with zero attached hydrogens (tertiary/aromatic N) is 4. The van der Waals surface area contributed by atoms with E-state index in [9.17, 15) is 18.0 Å². The third-order valence-electron chi connectivity index (χ3n) is 8.36. The van der Waals surface area contributed by atoms with Gasteiger partial charge in [-0.2, -0.15) is 0 Å². The molecule has 0 saturated carbocycles. The lowest BCUT2D eigenvalue weighted by Gasteiger charge is -2.34. The van der Waals surface area contributed by atoms with Gasteiger partial charge in [-0.05, 0) is 37.5 Å². The van der Waals surface area contributed by atoms with E-state index in [0.29, 0.717) is 75.8 Å². The maximum Gasteiger partial charge on any atom is 0.274 e. The predicted octanol–water partition coefficient (Wildman–Crippen LogP) is 5.07. The number of sulfonamides is 1. The van der Waals surface area contributed by atoms with Gasteiger partial charge in [-0.3, -0.25) is 13.9 Å². The van der Waals surface area contributed by atoms with Crippen molar-refractivity contribution in [2.24, 2.45) is 0 Å². The number of anilines is 2. The Morgan fingerprint density at radius 1 is 1.16 bits per heavy atom. The summed E-state index contributed by atoms with van der Waals surface area (Å²) in [6, 6.07) is 12.7. The highest BCUT2D eigenvalue weighted by Gasteiger charge is 2.32. The van der Waals surface area contributed by atoms with Crippen molar-refractivity contribution in [3.05, 3.63) is 82.3 Å². The van der Waals surface area contributed by atoms with Gasteiger partial charge in [0.2, 0.25) is 10.0 Å². The quantitative estimate of drug-likeness (QED) is 0.262. The topological polar surface area (TPSA) is 143 Å². The van der Waals surface area contributed by atoms with Crippen LogP contribution in [0.2, 0.25) is 5.02 Å². The maximum atomic E-state index is 13.7. The van der Waals surface area contributed by atoms with E-state index < -0.39 is 10.0 Å². The van der Waals surface area contributed by atoms with Gasteiger partial charge in [-0.15, -0.1) is 0 Å². The van der Waals surface area contributed by atoms with Gasteiger partial charge in [-0.1, -0.05) is 41.4 Å². The van der Waals surface area contributed by atoms with E-state index in [1.54, 1.807) is 40.9 Å². The summed E-state index contributed by atoms with van der Waals surface area (Å²) in [7, 11) is -0.624. The minimum Gasteiger partial charge on any atom is -0.455 e. The van der Waals surface area contributed by atoms with Crippen LogP contribution in [0.3, 0.4) is 0 Å². The molecule has 11 nitrogen and oxygen atoms in total. The fourth-order valence-corrected chi connectivity index (χ4v) is 6.69. The van der Waals surface area contributed by atoms with E-state index in [0.717, 1.165) is 17.4 Å². The van der Waals surface area contributed by atoms with Gasteiger partial charge >= 0.3 is 0 Å². The van der Waals surface area contributed by atoms with Gasteiger partial charge in [0.25, 0.3) is 11.8 Å². The average molecular weight is 649 g/mol. The minimum absolute atomic E-state index is 0.230. The Labute approximate surface area is 265 Å². The molecule has 45 heavy (non-hydrogen) atoms. The molecule has 0 unspecified atom stereocenters. The minimum atomic E-state index is -3.67. The van der Waals surface area contributed by atoms with Crippen molar-refractivity contribution in [1.29, 1.82) is 0 Å². The lowest BCUT2D eigenvalue weighted by Crippen LogP contribution is -2.39. The lowest BCUT2D eigenvalue weighted by atomic mass is 9.88. The van der Waals surface area contributed by atoms with Crippen molar-refractivity contribution in [1.82, 2.24) is 19.6 Å². The highest BCUT2D eigenvalue weighted by atomic mass is 35.5. The standard InChI is InChI=1S/C32H33ClN6O5S/c1-18-7-9-19(10-8-18)29-28(31(40)35-2)23-13-22(26(14-27(23)44-29)37(3)45(4,42)43)20-6-5-11-38(15-20)32(41)25-17-39-16-21(33)12-24(34)30(39)36-25/h7-10,12-14,16-17,20H,5-6,11,15,34H2,1-4H3,(H,35,40)/t20-/m0/s1. The number of carbonyl (C=O) groups is 2. The van der Waals surface area contributed by atoms with Crippen molar-refractivity contribution in [2.75, 3.05) is 43.5 Å². The Morgan fingerprint density at radius 3 is 2.58 bits per heavy atom. The molecule has 1 saturated heterocycles. The zero-order valence-corrected chi connectivity index (χ0v) is 26.9. The lowest BCUT2D eigenvalue weighted by molar-refractivity contribution is 0.0702. The molecule has 13 heteroatoms. The first-order valence-corrected chi connectivity index (χ1v) is 16.6. The number of imidazole rings is 1. The molecule has 4 heterocycles. The third-order valence-corrected chi connectivity index (χ3v) is 9.75. The molecule has 2 amide bonds. The molecule has 2 aromatic carbocycles. The molecule has 1 aliphatic rings. The number of pyridine rings is 1. The van der Waals surface area contributed by atoms with Crippen LogP contribution < -0.4 is 15.4 Å². The molecule has 5 aromatic rings. The zero-order chi connectivity index (χ0) is 32.2. The summed E-state index contributed by atoms with van der Waals surface area (Å²) in [6.07, 6.45) is 5.76. The SMILES string of the molecule is CNC(=O)c1c(-c2ccc(C)cc2)oc2cc(N(C)S(C)(=O)=O)c([C@H]3CCCN(C(=O)c4cn5cc(Cl)cc(N)c5n4)C3)cc12. The molecule has 0 spiro atoms. The van der Waals surface area contributed by atoms with E-state index in [1.165, 1.54) is 11.4 Å². The number of amides is 2. The molecule has 1 aliphatic heterocycles. The third kappa shape index (κ3) is 5.59. The number of rotatable bonds is 6. The number of likely N-dealkylation sites (tertiary alicyclic amines) is 1. The first-order valence-electron chi connectivity index (χ1n) is 14.4. The second kappa shape index (κ2) is 11.4. The van der Waals surface area contributed by atoms with Gasteiger partial charge in [0, 0.05) is 62.5 Å². The van der Waals surface area contributed by atoms with Crippen molar-refractivity contribution in [2.45, 2.75) is 25.7 Å². The van der Waals surface area contributed by atoms with Crippen LogP contribution in [0.15, 0.2) is 59.3 Å². The van der Waals surface area contributed by atoms with Crippen LogP contribution in [-0.4, -0.2) is 68.0 Å². The van der Waals surface area contributed by atoms with Gasteiger partial charge in [0.1, 0.15) is 17.0 Å². The summed E-state index contributed by atoms with van der Waals surface area (Å²) in [5, 5.41) is 3.70. The second-order valence-electron chi connectivity index (χ2n) is 11.5. The Balaban J connectivity index is 1.45. The highest BCUT2D eigenvalue weighted by Crippen LogP contribution is 2.42. The van der Waals surface area contributed by atoms with Crippen molar-refractivity contribution >= 4 is 61.4 Å². The van der Waals surface area contributed by atoms with Crippen molar-refractivity contribution in [3.8, 4) is 11.3 Å². The molecule has 1 atom stereocenters. The van der Waals surface area contributed by atoms with Gasteiger partial charge in [0.15, 0.2) is 5.65 Å². The number of hydrogen-bond acceptors (Lipinski definition) is 7. The molecule has 6 rings (SSSR count). The van der Waals surface area contributed by atoms with Crippen molar-refractivity contribution < 1.29 is 22.4 Å². The van der Waals surface area contributed by atoms with E-state index in [-0.39, 0.29) is 23.4 Å². The van der Waals surface area contributed by atoms with Gasteiger partial charge in [0.05, 0.1) is 28.2 Å². The Kier molecular flexibility index (Phi) is 7.74. The Bertz CT molecular complexity index is 2090. The smallest absolute Gasteiger partial charge is 0.274 e. The number of aryl methyl sites for hydroxylation is 1. The number of fused-ring (bicyclic) bond motifs is 2. The second-order valence-corrected chi connectivity index (χ2v) is 13.9. The average Bonchev–Trinajstić information content (AvgIpc) is 3.61. The molecular weight excluding hydrogens is 616 g/mol. The number of nitrogens with one attached hydrogen (secondary N) is 1. The van der Waals surface area contributed by atoms with Crippen LogP contribution in [0, 0.1) is 6.92 Å². The monoisotopic (exact) mass is 648 g/mol. The molecule has 0 aliphatic carbocycles. The van der Waals surface area contributed by atoms with Crippen molar-refractivity contribution in [3.63, 3.8) is 0 Å². The summed E-state index contributed by atoms with van der Waals surface area (Å²) >= 11 is 6.14. The largest absolute Gasteiger partial charge is 0.455 e. The molecular formula is C32H33ClN6O5S. The number of nitrogens with two attached hydrogens (primary N) is 1. The molecule has 234 valence electrons. The fourth-order valence-electron chi connectivity index (χ4n) is 5.96. The van der Waals surface area contributed by atoms with Gasteiger partial charge < -0.3 is 24.8 Å². The summed E-state index contributed by atoms with van der Waals surface area (Å²) in [5.41, 5.74) is 10.7. The maximum absolute atomic E-state index is 13.7. The van der Waals surface area contributed by atoms with Crippen LogP contribution >= 0.6 is 11.6 Å². The highest BCUT2D eigenvalue weighted by molar-refractivity contribution is 7.92. The number of aromatic nitrogens is 2. The summed E-state index contributed by atoms with van der Waals surface area (Å²) < 4.78 is 34.8. The molecule has 3 aromatic heterocycles. The zero-order valence-electron chi connectivity index (χ0n) is 25.3. The van der Waals surface area contributed by atoms with Crippen LogP contribution in [0.25, 0.3) is 27.9 Å². The number of benzene rings is 2. The molecule has 0 bridgehead atoms. The summed E-state index contributed by atoms with van der Waals surface area (Å²) in [4.78, 5) is 33.2. The summed E-state index contributed by atoms with van der Waals surface area (Å²) in [6.45, 7) is 2.79. The Morgan fingerprint density at radius 2 is 1.89 bits per heavy atom. The van der Waals surface area contributed by atoms with Crippen LogP contribution in [-0.2, 0) is 10.0 Å². The number of nitrogen functional groups attached to an aromatic ring is 1. The van der Waals surface area contributed by atoms with E-state index in [2.05, 4.69) is 10.3 Å². The number of furan rings is 1. The van der Waals surface area contributed by atoms with Crippen LogP contribution in [0.4, 0.5) is 11.4 Å².